The number of carbonyl (C=O) groups is 1. The number of fused-ring (bicyclic) bond motifs is 5. The minimum atomic E-state index is -0.194. The first-order chi connectivity index (χ1) is 10.3. The van der Waals surface area contributed by atoms with Gasteiger partial charge in [-0.1, -0.05) is 38.0 Å². The topological polar surface area (TPSA) is 37.3 Å². The van der Waals surface area contributed by atoms with Gasteiger partial charge in [-0.3, -0.25) is 4.79 Å². The van der Waals surface area contributed by atoms with E-state index < -0.39 is 0 Å². The van der Waals surface area contributed by atoms with Crippen LogP contribution in [-0.2, 0) is 4.79 Å². The minimum Gasteiger partial charge on any atom is -0.392 e. The van der Waals surface area contributed by atoms with Crippen molar-refractivity contribution < 1.29 is 9.90 Å². The Labute approximate surface area is 133 Å². The summed E-state index contributed by atoms with van der Waals surface area (Å²) in [5.74, 6) is 2.25. The van der Waals surface area contributed by atoms with E-state index in [1.807, 2.05) is 6.08 Å². The molecule has 0 unspecified atom stereocenters. The molecule has 4 aliphatic rings. The summed E-state index contributed by atoms with van der Waals surface area (Å²) >= 11 is 0. The quantitative estimate of drug-likeness (QED) is 0.685. The van der Waals surface area contributed by atoms with Gasteiger partial charge in [0.15, 0.2) is 5.78 Å². The van der Waals surface area contributed by atoms with Crippen LogP contribution in [0.2, 0.25) is 0 Å². The molecule has 1 N–H and O–H groups in total. The van der Waals surface area contributed by atoms with E-state index in [9.17, 15) is 9.90 Å². The van der Waals surface area contributed by atoms with Crippen molar-refractivity contribution in [1.82, 2.24) is 0 Å². The Balaban J connectivity index is 1.68. The van der Waals surface area contributed by atoms with Crippen molar-refractivity contribution in [2.24, 2.45) is 28.6 Å². The second-order valence-electron chi connectivity index (χ2n) is 8.95. The maximum atomic E-state index is 12.3. The van der Waals surface area contributed by atoms with Gasteiger partial charge in [0.05, 0.1) is 6.10 Å². The summed E-state index contributed by atoms with van der Waals surface area (Å²) < 4.78 is 0. The predicted octanol–water partition coefficient (Wildman–Crippen LogP) is 4.05. The Bertz CT molecular complexity index is 583. The molecule has 5 atom stereocenters. The first-order valence-corrected chi connectivity index (χ1v) is 8.96. The minimum absolute atomic E-state index is 0.0301. The van der Waals surface area contributed by atoms with Crippen LogP contribution in [0.1, 0.15) is 59.3 Å². The van der Waals surface area contributed by atoms with Crippen molar-refractivity contribution in [3.63, 3.8) is 0 Å². The number of hydrogen-bond acceptors (Lipinski definition) is 2. The van der Waals surface area contributed by atoms with E-state index in [2.05, 4.69) is 26.8 Å². The van der Waals surface area contributed by atoms with Crippen LogP contribution < -0.4 is 0 Å². The SMILES string of the molecule is CC1(C)C[C@H]2C(=CC1=O)CC[C@H]1C3=CC[C@H](O)[C@@]3(C)CC[C@H]21. The molecule has 0 aromatic heterocycles. The number of allylic oxidation sites excluding steroid dienone is 2. The molecule has 0 heterocycles. The lowest BCUT2D eigenvalue weighted by Crippen LogP contribution is -2.46. The van der Waals surface area contributed by atoms with Crippen molar-refractivity contribution in [1.29, 1.82) is 0 Å². The fraction of sp³-hybridized carbons (Fsp3) is 0.750. The molecule has 0 spiro atoms. The molecule has 0 saturated heterocycles. The Hall–Kier alpha value is -0.890. The lowest BCUT2D eigenvalue weighted by Gasteiger charge is -2.52. The first-order valence-electron chi connectivity index (χ1n) is 8.96. The smallest absolute Gasteiger partial charge is 0.161 e. The largest absolute Gasteiger partial charge is 0.392 e. The lowest BCUT2D eigenvalue weighted by molar-refractivity contribution is -0.124. The summed E-state index contributed by atoms with van der Waals surface area (Å²) in [5, 5.41) is 10.4. The molecule has 22 heavy (non-hydrogen) atoms. The van der Waals surface area contributed by atoms with Gasteiger partial charge in [-0.05, 0) is 62.4 Å². The predicted molar refractivity (Wildman–Crippen MR) is 87.2 cm³/mol. The van der Waals surface area contributed by atoms with E-state index in [-0.39, 0.29) is 16.9 Å². The molecule has 120 valence electrons. The second kappa shape index (κ2) is 4.56. The number of hydrogen-bond donors (Lipinski definition) is 1. The van der Waals surface area contributed by atoms with Crippen LogP contribution >= 0.6 is 0 Å². The van der Waals surface area contributed by atoms with Crippen LogP contribution in [0, 0.1) is 28.6 Å². The van der Waals surface area contributed by atoms with Crippen molar-refractivity contribution in [2.75, 3.05) is 0 Å². The van der Waals surface area contributed by atoms with Crippen LogP contribution in [0.3, 0.4) is 0 Å². The van der Waals surface area contributed by atoms with E-state index in [1.54, 1.807) is 5.57 Å². The van der Waals surface area contributed by atoms with Crippen molar-refractivity contribution in [3.05, 3.63) is 23.3 Å². The van der Waals surface area contributed by atoms with Gasteiger partial charge in [0.1, 0.15) is 0 Å². The average molecular weight is 300 g/mol. The molecule has 0 bridgehead atoms. The highest BCUT2D eigenvalue weighted by Crippen LogP contribution is 2.60. The molecule has 4 aliphatic carbocycles. The third-order valence-electron chi connectivity index (χ3n) is 7.32. The van der Waals surface area contributed by atoms with Crippen LogP contribution in [0.4, 0.5) is 0 Å². The standard InChI is InChI=1S/C20H28O2/c1-19(2)11-15-12(10-18(19)22)4-5-14-13(15)8-9-20(3)16(14)6-7-17(20)21/h6,10,13-15,17,21H,4-5,7-9,11H2,1-3H3/t13-,14+,15-,17-,20-/m0/s1. The van der Waals surface area contributed by atoms with Gasteiger partial charge in [-0.2, -0.15) is 0 Å². The lowest BCUT2D eigenvalue weighted by atomic mass is 9.52. The Morgan fingerprint density at radius 2 is 1.95 bits per heavy atom. The molecule has 4 rings (SSSR count). The van der Waals surface area contributed by atoms with Crippen molar-refractivity contribution in [3.8, 4) is 0 Å². The van der Waals surface area contributed by atoms with Gasteiger partial charge in [-0.25, -0.2) is 0 Å². The van der Waals surface area contributed by atoms with Crippen LogP contribution in [0.25, 0.3) is 0 Å². The van der Waals surface area contributed by atoms with Gasteiger partial charge in [0.2, 0.25) is 0 Å². The van der Waals surface area contributed by atoms with Gasteiger partial charge in [-0.15, -0.1) is 0 Å². The maximum absolute atomic E-state index is 12.3. The first kappa shape index (κ1) is 14.7. The number of aliphatic hydroxyl groups excluding tert-OH is 1. The van der Waals surface area contributed by atoms with Crippen molar-refractivity contribution in [2.45, 2.75) is 65.4 Å². The molecular weight excluding hydrogens is 272 g/mol. The van der Waals surface area contributed by atoms with Crippen LogP contribution in [-0.4, -0.2) is 17.0 Å². The molecule has 2 heteroatoms. The zero-order chi connectivity index (χ0) is 15.7. The summed E-state index contributed by atoms with van der Waals surface area (Å²) in [7, 11) is 0. The molecule has 2 saturated carbocycles. The highest BCUT2D eigenvalue weighted by Gasteiger charge is 2.53. The second-order valence-corrected chi connectivity index (χ2v) is 8.95. The van der Waals surface area contributed by atoms with Crippen molar-refractivity contribution >= 4 is 5.78 Å². The molecular formula is C20H28O2. The fourth-order valence-corrected chi connectivity index (χ4v) is 5.82. The van der Waals surface area contributed by atoms with Crippen LogP contribution in [0.5, 0.6) is 0 Å². The summed E-state index contributed by atoms with van der Waals surface area (Å²) in [6.07, 6.45) is 10.6. The monoisotopic (exact) mass is 300 g/mol. The van der Waals surface area contributed by atoms with Crippen LogP contribution in [0.15, 0.2) is 23.3 Å². The summed E-state index contributed by atoms with van der Waals surface area (Å²) in [6, 6.07) is 0. The normalized spacial score (nSPS) is 46.3. The summed E-state index contributed by atoms with van der Waals surface area (Å²) in [4.78, 5) is 12.3. The molecule has 0 aromatic carbocycles. The number of carbonyl (C=O) groups excluding carboxylic acids is 1. The van der Waals surface area contributed by atoms with E-state index in [0.717, 1.165) is 25.7 Å². The average Bonchev–Trinajstić information content (AvgIpc) is 2.76. The molecule has 0 amide bonds. The highest BCUT2D eigenvalue weighted by molar-refractivity contribution is 5.96. The van der Waals surface area contributed by atoms with E-state index in [4.69, 9.17) is 0 Å². The number of ketones is 1. The van der Waals surface area contributed by atoms with Gasteiger partial charge < -0.3 is 5.11 Å². The summed E-state index contributed by atoms with van der Waals surface area (Å²) in [5.41, 5.74) is 2.81. The Morgan fingerprint density at radius 3 is 2.73 bits per heavy atom. The highest BCUT2D eigenvalue weighted by atomic mass is 16.3. The van der Waals surface area contributed by atoms with E-state index in [1.165, 1.54) is 18.4 Å². The van der Waals surface area contributed by atoms with Gasteiger partial charge in [0.25, 0.3) is 0 Å². The Kier molecular flexibility index (Phi) is 3.05. The molecule has 0 aromatic rings. The van der Waals surface area contributed by atoms with E-state index in [0.29, 0.717) is 23.5 Å². The fourth-order valence-electron chi connectivity index (χ4n) is 5.82. The third kappa shape index (κ3) is 1.86. The molecule has 2 fully saturated rings. The Morgan fingerprint density at radius 1 is 1.18 bits per heavy atom. The van der Waals surface area contributed by atoms with Gasteiger partial charge >= 0.3 is 0 Å². The number of aliphatic hydroxyl groups is 1. The molecule has 2 nitrogen and oxygen atoms in total. The third-order valence-corrected chi connectivity index (χ3v) is 7.32. The maximum Gasteiger partial charge on any atom is 0.161 e. The number of rotatable bonds is 0. The van der Waals surface area contributed by atoms with E-state index >= 15 is 0 Å². The molecule has 0 aliphatic heterocycles. The zero-order valence-corrected chi connectivity index (χ0v) is 14.1. The van der Waals surface area contributed by atoms with Gasteiger partial charge in [0, 0.05) is 10.8 Å². The molecule has 0 radical (unpaired) electrons. The summed E-state index contributed by atoms with van der Waals surface area (Å²) in [6.45, 7) is 6.49. The zero-order valence-electron chi connectivity index (χ0n) is 14.1.